The van der Waals surface area contributed by atoms with Crippen LogP contribution in [0.5, 0.6) is 0 Å². The molecule has 0 aromatic heterocycles. The molecule has 0 aliphatic carbocycles. The van der Waals surface area contributed by atoms with Crippen molar-refractivity contribution in [3.05, 3.63) is 0 Å². The van der Waals surface area contributed by atoms with Gasteiger partial charge in [0.15, 0.2) is 0 Å². The van der Waals surface area contributed by atoms with Gasteiger partial charge in [0.25, 0.3) is 0 Å². The lowest BCUT2D eigenvalue weighted by molar-refractivity contribution is -0.122. The Hall–Kier alpha value is -0.200. The van der Waals surface area contributed by atoms with Crippen molar-refractivity contribution in [1.82, 2.24) is 10.0 Å². The summed E-state index contributed by atoms with van der Waals surface area (Å²) in [5, 5.41) is 2.84. The summed E-state index contributed by atoms with van der Waals surface area (Å²) in [4.78, 5) is 22.7. The fraction of sp³-hybridized carbons (Fsp3) is 0.833. The Kier molecular flexibility index (Phi) is 10.6. The first-order valence-corrected chi connectivity index (χ1v) is 9.33. The quantitative estimate of drug-likeness (QED) is 0.283. The number of amides is 1. The SMILES string of the molecule is CC(C)C(=O)CCCCCNC(=O)CN[SH](C)S. The topological polar surface area (TPSA) is 58.2 Å². The lowest BCUT2D eigenvalue weighted by Gasteiger charge is -2.10. The number of thiol groups is 2. The number of ketones is 1. The zero-order valence-electron chi connectivity index (χ0n) is 11.5. The highest BCUT2D eigenvalue weighted by atomic mass is 33.1. The van der Waals surface area contributed by atoms with Crippen molar-refractivity contribution in [3.63, 3.8) is 0 Å². The van der Waals surface area contributed by atoms with Gasteiger partial charge in [-0.25, -0.2) is 0 Å². The van der Waals surface area contributed by atoms with E-state index in [2.05, 4.69) is 21.7 Å². The van der Waals surface area contributed by atoms with E-state index in [9.17, 15) is 9.59 Å². The van der Waals surface area contributed by atoms with Crippen LogP contribution in [0.3, 0.4) is 0 Å². The summed E-state index contributed by atoms with van der Waals surface area (Å²) in [5.41, 5.74) is 0. The van der Waals surface area contributed by atoms with E-state index < -0.39 is 10.1 Å². The van der Waals surface area contributed by atoms with Gasteiger partial charge in [0.1, 0.15) is 5.78 Å². The Bertz CT molecular complexity index is 258. The zero-order chi connectivity index (χ0) is 14.0. The molecule has 108 valence electrons. The minimum atomic E-state index is -0.525. The maximum atomic E-state index is 11.3. The summed E-state index contributed by atoms with van der Waals surface area (Å²) in [6.07, 6.45) is 5.44. The molecular formula is C12H26N2O2S2. The van der Waals surface area contributed by atoms with Gasteiger partial charge in [0, 0.05) is 18.9 Å². The van der Waals surface area contributed by atoms with E-state index in [1.54, 1.807) is 0 Å². The van der Waals surface area contributed by atoms with Crippen molar-refractivity contribution < 1.29 is 9.59 Å². The molecule has 0 aliphatic heterocycles. The molecule has 0 saturated carbocycles. The minimum Gasteiger partial charge on any atom is -0.355 e. The van der Waals surface area contributed by atoms with Gasteiger partial charge in [0.2, 0.25) is 5.91 Å². The van der Waals surface area contributed by atoms with E-state index >= 15 is 0 Å². The largest absolute Gasteiger partial charge is 0.355 e. The van der Waals surface area contributed by atoms with Crippen LogP contribution >= 0.6 is 21.8 Å². The summed E-state index contributed by atoms with van der Waals surface area (Å²) in [6, 6.07) is 0. The molecule has 0 aromatic carbocycles. The molecule has 0 spiro atoms. The summed E-state index contributed by atoms with van der Waals surface area (Å²) in [7, 11) is -0.525. The molecule has 0 aromatic rings. The molecule has 0 heterocycles. The highest BCUT2D eigenvalue weighted by molar-refractivity contribution is 8.77. The Balaban J connectivity index is 3.35. The molecule has 0 radical (unpaired) electrons. The molecule has 0 saturated heterocycles. The normalized spacial score (nSPS) is 13.5. The average molecular weight is 294 g/mol. The second kappa shape index (κ2) is 10.7. The van der Waals surface area contributed by atoms with E-state index in [0.717, 1.165) is 19.3 Å². The van der Waals surface area contributed by atoms with Gasteiger partial charge in [0.05, 0.1) is 6.54 Å². The van der Waals surface area contributed by atoms with E-state index in [1.165, 1.54) is 0 Å². The minimum absolute atomic E-state index is 0.0108. The number of hydrogen-bond acceptors (Lipinski definition) is 4. The van der Waals surface area contributed by atoms with Crippen LogP contribution in [0.1, 0.15) is 39.5 Å². The van der Waals surface area contributed by atoms with Crippen molar-refractivity contribution in [3.8, 4) is 0 Å². The Morgan fingerprint density at radius 3 is 2.44 bits per heavy atom. The molecule has 0 rings (SSSR count). The van der Waals surface area contributed by atoms with Gasteiger partial charge in [-0.1, -0.05) is 20.3 Å². The van der Waals surface area contributed by atoms with Crippen molar-refractivity contribution in [2.45, 2.75) is 39.5 Å². The van der Waals surface area contributed by atoms with Crippen LogP contribution in [0.15, 0.2) is 0 Å². The number of Topliss-reactive ketones (excluding diaryl/α,β-unsaturated/α-hetero) is 1. The van der Waals surface area contributed by atoms with Crippen LogP contribution in [-0.4, -0.2) is 31.0 Å². The summed E-state index contributed by atoms with van der Waals surface area (Å²) < 4.78 is 3.00. The Labute approximate surface area is 118 Å². The first-order chi connectivity index (χ1) is 8.43. The van der Waals surface area contributed by atoms with E-state index in [4.69, 9.17) is 0 Å². The number of unbranched alkanes of at least 4 members (excludes halogenated alkanes) is 2. The smallest absolute Gasteiger partial charge is 0.234 e. The van der Waals surface area contributed by atoms with Crippen LogP contribution in [-0.2, 0) is 9.59 Å². The third kappa shape index (κ3) is 10.9. The number of nitrogens with one attached hydrogen (secondary N) is 2. The molecule has 0 fully saturated rings. The van der Waals surface area contributed by atoms with Gasteiger partial charge in [-0.3, -0.25) is 14.3 Å². The molecule has 1 atom stereocenters. The van der Waals surface area contributed by atoms with Crippen molar-refractivity contribution in [2.24, 2.45) is 5.92 Å². The van der Waals surface area contributed by atoms with Crippen LogP contribution in [0.2, 0.25) is 0 Å². The van der Waals surface area contributed by atoms with E-state index in [0.29, 0.717) is 25.3 Å². The standard InChI is InChI=1S/C12H26N2O2S2/c1-10(2)11(15)7-5-4-6-8-13-12(16)9-14-18(3)17/h10,14,17-18H,4-9H2,1-3H3,(H,13,16). The van der Waals surface area contributed by atoms with Gasteiger partial charge in [-0.15, -0.1) is 11.7 Å². The van der Waals surface area contributed by atoms with Gasteiger partial charge < -0.3 is 5.32 Å². The first-order valence-electron chi connectivity index (χ1n) is 6.39. The first kappa shape index (κ1) is 17.8. The molecule has 1 amide bonds. The highest BCUT2D eigenvalue weighted by Crippen LogP contribution is 2.17. The van der Waals surface area contributed by atoms with Crippen molar-refractivity contribution >= 4 is 33.5 Å². The fourth-order valence-electron chi connectivity index (χ4n) is 1.37. The van der Waals surface area contributed by atoms with E-state index in [1.807, 2.05) is 20.1 Å². The molecule has 1 unspecified atom stereocenters. The summed E-state index contributed by atoms with van der Waals surface area (Å²) in [5.74, 6) is 0.478. The van der Waals surface area contributed by atoms with Crippen molar-refractivity contribution in [1.29, 1.82) is 0 Å². The van der Waals surface area contributed by atoms with Gasteiger partial charge in [-0.2, -0.15) is 10.1 Å². The summed E-state index contributed by atoms with van der Waals surface area (Å²) >= 11 is 4.19. The van der Waals surface area contributed by atoms with Gasteiger partial charge in [-0.05, 0) is 19.1 Å². The Morgan fingerprint density at radius 2 is 1.89 bits per heavy atom. The average Bonchev–Trinajstić information content (AvgIpc) is 2.30. The highest BCUT2D eigenvalue weighted by Gasteiger charge is 2.06. The molecule has 18 heavy (non-hydrogen) atoms. The fourth-order valence-corrected chi connectivity index (χ4v) is 1.95. The lowest BCUT2D eigenvalue weighted by Crippen LogP contribution is -2.32. The van der Waals surface area contributed by atoms with Crippen LogP contribution in [0, 0.1) is 5.92 Å². The number of hydrogen-bond donors (Lipinski definition) is 4. The molecule has 0 bridgehead atoms. The zero-order valence-corrected chi connectivity index (χ0v) is 13.3. The van der Waals surface area contributed by atoms with Crippen LogP contribution in [0.4, 0.5) is 0 Å². The maximum absolute atomic E-state index is 11.3. The number of carbonyl (C=O) groups excluding carboxylic acids is 2. The second-order valence-corrected chi connectivity index (χ2v) is 7.80. The third-order valence-electron chi connectivity index (χ3n) is 2.53. The predicted molar refractivity (Wildman–Crippen MR) is 83.2 cm³/mol. The van der Waals surface area contributed by atoms with Crippen molar-refractivity contribution in [2.75, 3.05) is 19.3 Å². The lowest BCUT2D eigenvalue weighted by atomic mass is 10.0. The number of carbonyl (C=O) groups is 2. The van der Waals surface area contributed by atoms with E-state index in [-0.39, 0.29) is 11.8 Å². The molecule has 0 aliphatic rings. The molecular weight excluding hydrogens is 268 g/mol. The van der Waals surface area contributed by atoms with Crippen LogP contribution < -0.4 is 10.0 Å². The third-order valence-corrected chi connectivity index (χ3v) is 3.57. The molecule has 6 heteroatoms. The van der Waals surface area contributed by atoms with Crippen LogP contribution in [0.25, 0.3) is 0 Å². The maximum Gasteiger partial charge on any atom is 0.234 e. The van der Waals surface area contributed by atoms with Gasteiger partial charge >= 0.3 is 0 Å². The monoisotopic (exact) mass is 294 g/mol. The second-order valence-electron chi connectivity index (χ2n) is 4.64. The summed E-state index contributed by atoms with van der Waals surface area (Å²) in [6.45, 7) is 4.88. The number of rotatable bonds is 10. The molecule has 2 N–H and O–H groups in total. The predicted octanol–water partition coefficient (Wildman–Crippen LogP) is 1.87. The Morgan fingerprint density at radius 1 is 1.22 bits per heavy atom. The molecule has 4 nitrogen and oxygen atoms in total.